The highest BCUT2D eigenvalue weighted by Gasteiger charge is 2.18. The molecule has 0 saturated carbocycles. The molecule has 96 valence electrons. The predicted molar refractivity (Wildman–Crippen MR) is 62.5 cm³/mol. The first-order valence-electron chi connectivity index (χ1n) is 4.99. The van der Waals surface area contributed by atoms with Crippen LogP contribution in [0.2, 0.25) is 0 Å². The summed E-state index contributed by atoms with van der Waals surface area (Å²) >= 11 is 0. The minimum absolute atomic E-state index is 0.0265. The maximum absolute atomic E-state index is 11.9. The summed E-state index contributed by atoms with van der Waals surface area (Å²) in [5, 5.41) is 17.8. The van der Waals surface area contributed by atoms with E-state index in [1.165, 1.54) is 6.08 Å². The van der Waals surface area contributed by atoms with E-state index in [9.17, 15) is 19.5 Å². The summed E-state index contributed by atoms with van der Waals surface area (Å²) in [6, 6.07) is 2.04. The number of amides is 1. The lowest BCUT2D eigenvalue weighted by atomic mass is 10.2. The molecule has 7 heteroatoms. The number of nitrogens with one attached hydrogen (secondary N) is 1. The number of rotatable bonds is 5. The molecule has 0 bridgehead atoms. The zero-order valence-electron chi connectivity index (χ0n) is 9.42. The first-order chi connectivity index (χ1) is 8.43. The highest BCUT2D eigenvalue weighted by molar-refractivity contribution is 5.96. The van der Waals surface area contributed by atoms with Crippen molar-refractivity contribution in [2.45, 2.75) is 0 Å². The maximum atomic E-state index is 11.9. The van der Waals surface area contributed by atoms with E-state index < -0.39 is 29.9 Å². The van der Waals surface area contributed by atoms with E-state index in [1.807, 2.05) is 0 Å². The molecule has 1 aromatic heterocycles. The molecule has 1 rings (SSSR count). The van der Waals surface area contributed by atoms with Gasteiger partial charge in [0.2, 0.25) is 0 Å². The number of aromatic amines is 1. The van der Waals surface area contributed by atoms with Crippen molar-refractivity contribution < 1.29 is 19.8 Å². The van der Waals surface area contributed by atoms with Crippen molar-refractivity contribution >= 4 is 11.9 Å². The van der Waals surface area contributed by atoms with Gasteiger partial charge < -0.3 is 15.1 Å². The number of aromatic hydroxyl groups is 1. The van der Waals surface area contributed by atoms with Crippen LogP contribution in [-0.2, 0) is 4.79 Å². The van der Waals surface area contributed by atoms with Crippen molar-refractivity contribution in [2.24, 2.45) is 0 Å². The molecule has 0 aliphatic heterocycles. The molecular weight excluding hydrogens is 240 g/mol. The lowest BCUT2D eigenvalue weighted by Gasteiger charge is -2.18. The number of aliphatic carboxylic acids is 1. The zero-order chi connectivity index (χ0) is 13.7. The number of hydrogen-bond donors (Lipinski definition) is 3. The molecule has 0 aromatic carbocycles. The fourth-order valence-electron chi connectivity index (χ4n) is 1.37. The highest BCUT2D eigenvalue weighted by atomic mass is 16.4. The monoisotopic (exact) mass is 252 g/mol. The summed E-state index contributed by atoms with van der Waals surface area (Å²) in [6.45, 7) is 2.93. The van der Waals surface area contributed by atoms with Crippen molar-refractivity contribution in [1.82, 2.24) is 9.88 Å². The van der Waals surface area contributed by atoms with Crippen molar-refractivity contribution in [2.75, 3.05) is 13.1 Å². The molecule has 0 atom stereocenters. The van der Waals surface area contributed by atoms with E-state index in [0.29, 0.717) is 0 Å². The number of nitrogens with zero attached hydrogens (tertiary/aromatic N) is 1. The van der Waals surface area contributed by atoms with E-state index in [2.05, 4.69) is 11.6 Å². The third-order valence-electron chi connectivity index (χ3n) is 2.04. The first kappa shape index (κ1) is 13.5. The summed E-state index contributed by atoms with van der Waals surface area (Å²) in [6.07, 6.45) is 1.37. The predicted octanol–water partition coefficient (Wildman–Crippen LogP) is -0.207. The van der Waals surface area contributed by atoms with Crippen LogP contribution in [0.25, 0.3) is 0 Å². The third kappa shape index (κ3) is 3.48. The van der Waals surface area contributed by atoms with Crippen LogP contribution in [0.5, 0.6) is 5.88 Å². The fraction of sp³-hybridized carbons (Fsp3) is 0.182. The highest BCUT2D eigenvalue weighted by Crippen LogP contribution is 2.08. The van der Waals surface area contributed by atoms with Crippen molar-refractivity contribution in [1.29, 1.82) is 0 Å². The van der Waals surface area contributed by atoms with Gasteiger partial charge in [0.15, 0.2) is 5.88 Å². The standard InChI is InChI=1S/C11H12N2O5/c1-2-3-13(6-10(16)17)11(18)7-4-8(14)12-9(15)5-7/h2,4-5H,1,3,6H2,(H,16,17)(H2,12,14,15). The van der Waals surface area contributed by atoms with Crippen LogP contribution in [0.1, 0.15) is 10.4 Å². The Labute approximate surface area is 102 Å². The van der Waals surface area contributed by atoms with Crippen LogP contribution in [0.15, 0.2) is 29.6 Å². The second kappa shape index (κ2) is 5.67. The van der Waals surface area contributed by atoms with Crippen LogP contribution in [0.3, 0.4) is 0 Å². The van der Waals surface area contributed by atoms with Crippen molar-refractivity contribution in [3.8, 4) is 5.88 Å². The van der Waals surface area contributed by atoms with Gasteiger partial charge in [-0.15, -0.1) is 6.58 Å². The van der Waals surface area contributed by atoms with Crippen molar-refractivity contribution in [3.05, 3.63) is 40.7 Å². The Balaban J connectivity index is 3.04. The van der Waals surface area contributed by atoms with Gasteiger partial charge in [-0.2, -0.15) is 0 Å². The van der Waals surface area contributed by atoms with E-state index in [1.54, 1.807) is 0 Å². The molecule has 0 aliphatic rings. The van der Waals surface area contributed by atoms with Crippen LogP contribution in [-0.4, -0.2) is 45.1 Å². The van der Waals surface area contributed by atoms with Crippen LogP contribution in [0.4, 0.5) is 0 Å². The summed E-state index contributed by atoms with van der Waals surface area (Å²) in [4.78, 5) is 36.7. The lowest BCUT2D eigenvalue weighted by Crippen LogP contribution is -2.36. The molecule has 0 fully saturated rings. The number of aromatic nitrogens is 1. The summed E-state index contributed by atoms with van der Waals surface area (Å²) < 4.78 is 0. The maximum Gasteiger partial charge on any atom is 0.323 e. The molecule has 3 N–H and O–H groups in total. The van der Waals surface area contributed by atoms with Crippen molar-refractivity contribution in [3.63, 3.8) is 0 Å². The second-order valence-electron chi connectivity index (χ2n) is 3.49. The zero-order valence-corrected chi connectivity index (χ0v) is 9.42. The van der Waals surface area contributed by atoms with E-state index in [-0.39, 0.29) is 12.1 Å². The third-order valence-corrected chi connectivity index (χ3v) is 2.04. The van der Waals surface area contributed by atoms with E-state index >= 15 is 0 Å². The second-order valence-corrected chi connectivity index (χ2v) is 3.49. The molecule has 1 heterocycles. The minimum Gasteiger partial charge on any atom is -0.494 e. The van der Waals surface area contributed by atoms with E-state index in [0.717, 1.165) is 17.0 Å². The lowest BCUT2D eigenvalue weighted by molar-refractivity contribution is -0.137. The Morgan fingerprint density at radius 1 is 1.44 bits per heavy atom. The fourth-order valence-corrected chi connectivity index (χ4v) is 1.37. The van der Waals surface area contributed by atoms with Gasteiger partial charge in [-0.05, 0) is 0 Å². The topological polar surface area (TPSA) is 111 Å². The van der Waals surface area contributed by atoms with E-state index in [4.69, 9.17) is 5.11 Å². The van der Waals surface area contributed by atoms with Gasteiger partial charge in [-0.25, -0.2) is 0 Å². The summed E-state index contributed by atoms with van der Waals surface area (Å²) in [7, 11) is 0. The SMILES string of the molecule is C=CCN(CC(=O)O)C(=O)c1cc(O)[nH]c(=O)c1. The normalized spacial score (nSPS) is 9.78. The average Bonchev–Trinajstić information content (AvgIpc) is 2.25. The minimum atomic E-state index is -1.18. The molecule has 0 radical (unpaired) electrons. The number of hydrogen-bond acceptors (Lipinski definition) is 4. The smallest absolute Gasteiger partial charge is 0.323 e. The van der Waals surface area contributed by atoms with Gasteiger partial charge in [-0.3, -0.25) is 19.4 Å². The quantitative estimate of drug-likeness (QED) is 0.628. The Hall–Kier alpha value is -2.57. The Bertz CT molecular complexity index is 534. The number of carboxylic acid groups (broad SMARTS) is 1. The molecule has 1 amide bonds. The number of carboxylic acids is 1. The van der Waals surface area contributed by atoms with Gasteiger partial charge in [0.25, 0.3) is 11.5 Å². The molecule has 0 unspecified atom stereocenters. The Morgan fingerprint density at radius 3 is 2.61 bits per heavy atom. The Morgan fingerprint density at radius 2 is 2.11 bits per heavy atom. The van der Waals surface area contributed by atoms with Crippen LogP contribution >= 0.6 is 0 Å². The summed E-state index contributed by atoms with van der Waals surface area (Å²) in [5.74, 6) is -2.31. The van der Waals surface area contributed by atoms with Gasteiger partial charge >= 0.3 is 5.97 Å². The molecule has 0 saturated heterocycles. The molecule has 18 heavy (non-hydrogen) atoms. The first-order valence-corrected chi connectivity index (χ1v) is 4.99. The molecule has 0 spiro atoms. The van der Waals surface area contributed by atoms with Crippen LogP contribution < -0.4 is 5.56 Å². The molecular formula is C11H12N2O5. The van der Waals surface area contributed by atoms with Gasteiger partial charge in [0.05, 0.1) is 5.56 Å². The van der Waals surface area contributed by atoms with Gasteiger partial charge in [-0.1, -0.05) is 6.08 Å². The van der Waals surface area contributed by atoms with Crippen LogP contribution in [0, 0.1) is 0 Å². The Kier molecular flexibility index (Phi) is 4.25. The number of carbonyl (C=O) groups excluding carboxylic acids is 1. The summed E-state index contributed by atoms with van der Waals surface area (Å²) in [5.41, 5.74) is -0.730. The molecule has 1 aromatic rings. The van der Waals surface area contributed by atoms with Gasteiger partial charge in [0.1, 0.15) is 6.54 Å². The van der Waals surface area contributed by atoms with Gasteiger partial charge in [0, 0.05) is 18.7 Å². The largest absolute Gasteiger partial charge is 0.494 e. The molecule has 0 aliphatic carbocycles. The number of pyridine rings is 1. The number of H-pyrrole nitrogens is 1. The number of carbonyl (C=O) groups is 2. The molecule has 7 nitrogen and oxygen atoms in total. The average molecular weight is 252 g/mol.